The van der Waals surface area contributed by atoms with E-state index in [-0.39, 0.29) is 18.2 Å². The number of hydrogen-bond donors (Lipinski definition) is 0. The van der Waals surface area contributed by atoms with Crippen molar-refractivity contribution in [2.45, 2.75) is 19.6 Å². The minimum Gasteiger partial charge on any atom is -0.434 e. The average molecular weight is 327 g/mol. The number of halogens is 2. The molecule has 0 aliphatic carbocycles. The van der Waals surface area contributed by atoms with Crippen LogP contribution in [0.4, 0.5) is 8.78 Å². The molecule has 2 rings (SSSR count). The molecule has 0 unspecified atom stereocenters. The summed E-state index contributed by atoms with van der Waals surface area (Å²) in [6, 6.07) is 6.23. The number of hydrogen-bond acceptors (Lipinski definition) is 7. The van der Waals surface area contributed by atoms with Crippen LogP contribution in [0, 0.1) is 0 Å². The lowest BCUT2D eigenvalue weighted by Gasteiger charge is -2.06. The van der Waals surface area contributed by atoms with Crippen LogP contribution in [0.5, 0.6) is 5.75 Å². The van der Waals surface area contributed by atoms with E-state index in [1.165, 1.54) is 12.3 Å². The summed E-state index contributed by atoms with van der Waals surface area (Å²) in [6.45, 7) is -2.46. The first-order chi connectivity index (χ1) is 11.2. The molecule has 0 amide bonds. The van der Waals surface area contributed by atoms with Crippen LogP contribution < -0.4 is 4.74 Å². The van der Waals surface area contributed by atoms with Gasteiger partial charge in [0, 0.05) is 19.1 Å². The van der Waals surface area contributed by atoms with Crippen LogP contribution >= 0.6 is 0 Å². The standard InChI is InChI=1S/C14H15F2N3O4/c1-20-7-6-12-18-13(23-19-12)9-21-17-8-10-4-2-3-5-11(10)22-14(15)16/h2-5,8,14H,6-7,9H2,1H3. The zero-order valence-electron chi connectivity index (χ0n) is 12.3. The van der Waals surface area contributed by atoms with Crippen molar-refractivity contribution >= 4 is 6.21 Å². The van der Waals surface area contributed by atoms with Gasteiger partial charge in [-0.3, -0.25) is 0 Å². The van der Waals surface area contributed by atoms with E-state index in [4.69, 9.17) is 14.1 Å². The van der Waals surface area contributed by atoms with E-state index in [0.29, 0.717) is 24.4 Å². The van der Waals surface area contributed by atoms with Crippen LogP contribution in [0.1, 0.15) is 17.3 Å². The number of aromatic nitrogens is 2. The van der Waals surface area contributed by atoms with Gasteiger partial charge in [-0.15, -0.1) is 0 Å². The molecule has 23 heavy (non-hydrogen) atoms. The smallest absolute Gasteiger partial charge is 0.387 e. The molecular weight excluding hydrogens is 312 g/mol. The van der Waals surface area contributed by atoms with Gasteiger partial charge in [-0.25, -0.2) is 0 Å². The van der Waals surface area contributed by atoms with Gasteiger partial charge in [-0.1, -0.05) is 22.4 Å². The van der Waals surface area contributed by atoms with Crippen LogP contribution in [0.2, 0.25) is 0 Å². The minimum atomic E-state index is -2.91. The third kappa shape index (κ3) is 5.62. The molecule has 7 nitrogen and oxygen atoms in total. The number of rotatable bonds is 9. The Morgan fingerprint density at radius 1 is 1.35 bits per heavy atom. The summed E-state index contributed by atoms with van der Waals surface area (Å²) in [7, 11) is 1.58. The summed E-state index contributed by atoms with van der Waals surface area (Å²) in [5, 5.41) is 7.41. The Morgan fingerprint density at radius 2 is 2.17 bits per heavy atom. The summed E-state index contributed by atoms with van der Waals surface area (Å²) in [6.07, 6.45) is 1.79. The van der Waals surface area contributed by atoms with E-state index >= 15 is 0 Å². The summed E-state index contributed by atoms with van der Waals surface area (Å²) in [5.41, 5.74) is 0.360. The Balaban J connectivity index is 1.86. The van der Waals surface area contributed by atoms with Crippen LogP contribution in [0.15, 0.2) is 33.9 Å². The van der Waals surface area contributed by atoms with Crippen molar-refractivity contribution in [2.75, 3.05) is 13.7 Å². The fourth-order valence-corrected chi connectivity index (χ4v) is 1.62. The van der Waals surface area contributed by atoms with Gasteiger partial charge in [-0.2, -0.15) is 13.8 Å². The molecule has 0 bridgehead atoms. The molecule has 9 heteroatoms. The molecule has 0 aliphatic heterocycles. The molecular formula is C14H15F2N3O4. The van der Waals surface area contributed by atoms with E-state index in [1.807, 2.05) is 0 Å². The second-order valence-electron chi connectivity index (χ2n) is 4.27. The van der Waals surface area contributed by atoms with Crippen molar-refractivity contribution < 1.29 is 27.6 Å². The Bertz CT molecular complexity index is 634. The first-order valence-electron chi connectivity index (χ1n) is 6.68. The zero-order valence-corrected chi connectivity index (χ0v) is 12.3. The highest BCUT2D eigenvalue weighted by molar-refractivity contribution is 5.83. The highest BCUT2D eigenvalue weighted by Gasteiger charge is 2.08. The molecule has 0 spiro atoms. The van der Waals surface area contributed by atoms with Crippen LogP contribution in [-0.4, -0.2) is 36.7 Å². The molecule has 2 aromatic rings. The van der Waals surface area contributed by atoms with Crippen LogP contribution in [0.25, 0.3) is 0 Å². The summed E-state index contributed by atoms with van der Waals surface area (Å²) >= 11 is 0. The number of nitrogens with zero attached hydrogens (tertiary/aromatic N) is 3. The van der Waals surface area contributed by atoms with Crippen LogP contribution in [-0.2, 0) is 22.6 Å². The van der Waals surface area contributed by atoms with Crippen molar-refractivity contribution in [3.63, 3.8) is 0 Å². The molecule has 1 aromatic carbocycles. The van der Waals surface area contributed by atoms with Gasteiger partial charge in [0.1, 0.15) is 5.75 Å². The normalized spacial score (nSPS) is 11.3. The predicted octanol–water partition coefficient (Wildman–Crippen LogP) is 2.41. The first-order valence-corrected chi connectivity index (χ1v) is 6.68. The quantitative estimate of drug-likeness (QED) is 0.520. The van der Waals surface area contributed by atoms with Gasteiger partial charge >= 0.3 is 6.61 Å². The summed E-state index contributed by atoms with van der Waals surface area (Å²) in [4.78, 5) is 9.07. The third-order valence-corrected chi connectivity index (χ3v) is 2.63. The highest BCUT2D eigenvalue weighted by atomic mass is 19.3. The number of ether oxygens (including phenoxy) is 2. The number of para-hydroxylation sites is 1. The van der Waals surface area contributed by atoms with Crippen LogP contribution in [0.3, 0.4) is 0 Å². The topological polar surface area (TPSA) is 79.0 Å². The monoisotopic (exact) mass is 327 g/mol. The van der Waals surface area contributed by atoms with E-state index in [1.54, 1.807) is 25.3 Å². The molecule has 0 aliphatic rings. The second-order valence-corrected chi connectivity index (χ2v) is 4.27. The highest BCUT2D eigenvalue weighted by Crippen LogP contribution is 2.18. The Morgan fingerprint density at radius 3 is 2.96 bits per heavy atom. The minimum absolute atomic E-state index is 0.00879. The molecule has 124 valence electrons. The Kier molecular flexibility index (Phi) is 6.42. The molecule has 0 atom stereocenters. The predicted molar refractivity (Wildman–Crippen MR) is 75.3 cm³/mol. The summed E-state index contributed by atoms with van der Waals surface area (Å²) < 4.78 is 38.8. The average Bonchev–Trinajstić information content (AvgIpc) is 2.98. The lowest BCUT2D eigenvalue weighted by atomic mass is 10.2. The lowest BCUT2D eigenvalue weighted by Crippen LogP contribution is -2.04. The van der Waals surface area contributed by atoms with Gasteiger partial charge in [0.15, 0.2) is 12.4 Å². The van der Waals surface area contributed by atoms with Gasteiger partial charge in [0.05, 0.1) is 12.8 Å². The SMILES string of the molecule is COCCc1noc(CON=Cc2ccccc2OC(F)F)n1. The van der Waals surface area contributed by atoms with Gasteiger partial charge < -0.3 is 18.8 Å². The van der Waals surface area contributed by atoms with Gasteiger partial charge in [0.25, 0.3) is 5.89 Å². The zero-order chi connectivity index (χ0) is 16.5. The largest absolute Gasteiger partial charge is 0.434 e. The fraction of sp³-hybridized carbons (Fsp3) is 0.357. The lowest BCUT2D eigenvalue weighted by molar-refractivity contribution is -0.0499. The van der Waals surface area contributed by atoms with Crippen molar-refractivity contribution in [2.24, 2.45) is 5.16 Å². The van der Waals surface area contributed by atoms with E-state index in [2.05, 4.69) is 20.0 Å². The number of methoxy groups -OCH3 is 1. The van der Waals surface area contributed by atoms with Gasteiger partial charge in [0.2, 0.25) is 0 Å². The molecule has 0 saturated carbocycles. The van der Waals surface area contributed by atoms with Crippen molar-refractivity contribution in [3.05, 3.63) is 41.5 Å². The molecule has 0 saturated heterocycles. The number of alkyl halides is 2. The Hall–Kier alpha value is -2.55. The molecule has 0 radical (unpaired) electrons. The maximum Gasteiger partial charge on any atom is 0.387 e. The Labute approximate surface area is 130 Å². The maximum atomic E-state index is 12.3. The van der Waals surface area contributed by atoms with Crippen molar-refractivity contribution in [1.29, 1.82) is 0 Å². The van der Waals surface area contributed by atoms with Crippen molar-refractivity contribution in [1.82, 2.24) is 10.1 Å². The number of oxime groups is 1. The molecule has 0 fully saturated rings. The molecule has 1 heterocycles. The number of benzene rings is 1. The fourth-order valence-electron chi connectivity index (χ4n) is 1.62. The van der Waals surface area contributed by atoms with E-state index < -0.39 is 6.61 Å². The summed E-state index contributed by atoms with van der Waals surface area (Å²) in [5.74, 6) is 0.768. The van der Waals surface area contributed by atoms with Gasteiger partial charge in [-0.05, 0) is 12.1 Å². The van der Waals surface area contributed by atoms with E-state index in [9.17, 15) is 8.78 Å². The van der Waals surface area contributed by atoms with E-state index in [0.717, 1.165) is 0 Å². The third-order valence-electron chi connectivity index (χ3n) is 2.63. The second kappa shape index (κ2) is 8.79. The molecule has 1 aromatic heterocycles. The maximum absolute atomic E-state index is 12.3. The first kappa shape index (κ1) is 16.8. The van der Waals surface area contributed by atoms with Crippen molar-refractivity contribution in [3.8, 4) is 5.75 Å². The molecule has 0 N–H and O–H groups in total.